The van der Waals surface area contributed by atoms with Gasteiger partial charge in [-0.1, -0.05) is 24.2 Å². The van der Waals surface area contributed by atoms with Crippen LogP contribution in [0.25, 0.3) is 11.4 Å². The zero-order chi connectivity index (χ0) is 22.8. The molecule has 3 heterocycles. The fourth-order valence-electron chi connectivity index (χ4n) is 3.58. The summed E-state index contributed by atoms with van der Waals surface area (Å²) in [6.07, 6.45) is 1.40. The number of amides is 2. The Balaban J connectivity index is 1.30. The lowest BCUT2D eigenvalue weighted by Gasteiger charge is -2.21. The number of anilines is 1. The van der Waals surface area contributed by atoms with Crippen molar-refractivity contribution >= 4 is 23.2 Å². The molecule has 33 heavy (non-hydrogen) atoms. The summed E-state index contributed by atoms with van der Waals surface area (Å²) in [5, 5.41) is 12.3. The van der Waals surface area contributed by atoms with Gasteiger partial charge in [0.15, 0.2) is 11.5 Å². The molecule has 2 aliphatic rings. The number of aryl methyl sites for hydroxylation is 1. The Hall–Kier alpha value is -4.21. The minimum Gasteiger partial charge on any atom is -0.454 e. The van der Waals surface area contributed by atoms with E-state index in [9.17, 15) is 9.59 Å². The molecule has 0 aliphatic carbocycles. The van der Waals surface area contributed by atoms with E-state index in [-0.39, 0.29) is 37.5 Å². The number of carbonyl (C=O) groups excluding carboxylic acids is 2. The minimum absolute atomic E-state index is 0.175. The molecule has 0 atom stereocenters. The molecule has 0 bridgehead atoms. The Bertz CT molecular complexity index is 1250. The molecule has 0 spiro atoms. The zero-order valence-corrected chi connectivity index (χ0v) is 17.9. The topological polar surface area (TPSA) is 119 Å². The third-order valence-corrected chi connectivity index (χ3v) is 5.32. The molecule has 1 aromatic heterocycles. The van der Waals surface area contributed by atoms with Gasteiger partial charge in [0.1, 0.15) is 12.3 Å². The third kappa shape index (κ3) is 4.40. The molecule has 0 saturated heterocycles. The maximum absolute atomic E-state index is 12.5. The maximum atomic E-state index is 12.5. The van der Waals surface area contributed by atoms with E-state index in [4.69, 9.17) is 14.0 Å². The predicted octanol–water partition coefficient (Wildman–Crippen LogP) is 2.99. The van der Waals surface area contributed by atoms with Crippen molar-refractivity contribution in [3.8, 4) is 22.9 Å². The summed E-state index contributed by atoms with van der Waals surface area (Å²) < 4.78 is 16.1. The van der Waals surface area contributed by atoms with Crippen LogP contribution < -0.4 is 14.8 Å². The number of hydrogen-bond acceptors (Lipinski definition) is 8. The van der Waals surface area contributed by atoms with E-state index in [0.29, 0.717) is 40.7 Å². The first-order chi connectivity index (χ1) is 16.1. The van der Waals surface area contributed by atoms with Crippen molar-refractivity contribution in [2.45, 2.75) is 26.2 Å². The number of fused-ring (bicyclic) bond motifs is 1. The lowest BCUT2D eigenvalue weighted by molar-refractivity contribution is -0.135. The summed E-state index contributed by atoms with van der Waals surface area (Å²) >= 11 is 0. The standard InChI is InChI=1S/C23H21N5O5/c1-2-14-4-3-5-16(10-14)24-20(29)12-28-21(30)9-7-17(26-28)23-25-22(27-33-23)15-6-8-18-19(11-15)32-13-31-18/h3-6,8,10-11H,2,7,9,12-13H2,1H3,(H,24,29). The lowest BCUT2D eigenvalue weighted by atomic mass is 10.1. The second kappa shape index (κ2) is 8.73. The number of hydrogen-bond donors (Lipinski definition) is 1. The highest BCUT2D eigenvalue weighted by molar-refractivity contribution is 6.02. The highest BCUT2D eigenvalue weighted by atomic mass is 16.7. The van der Waals surface area contributed by atoms with Crippen LogP contribution in [0.2, 0.25) is 0 Å². The lowest BCUT2D eigenvalue weighted by Crippen LogP contribution is -2.38. The number of carbonyl (C=O) groups is 2. The molecule has 2 amide bonds. The Labute approximate surface area is 189 Å². The van der Waals surface area contributed by atoms with Gasteiger partial charge in [0.05, 0.1) is 0 Å². The monoisotopic (exact) mass is 447 g/mol. The molecule has 0 unspecified atom stereocenters. The van der Waals surface area contributed by atoms with Crippen LogP contribution in [0.4, 0.5) is 5.69 Å². The molecule has 0 radical (unpaired) electrons. The van der Waals surface area contributed by atoms with Crippen LogP contribution in [0, 0.1) is 0 Å². The quantitative estimate of drug-likeness (QED) is 0.617. The molecule has 1 N–H and O–H groups in total. The third-order valence-electron chi connectivity index (χ3n) is 5.32. The van der Waals surface area contributed by atoms with Gasteiger partial charge in [0.2, 0.25) is 24.4 Å². The molecule has 10 heteroatoms. The predicted molar refractivity (Wildman–Crippen MR) is 118 cm³/mol. The second-order valence-electron chi connectivity index (χ2n) is 7.59. The molecule has 0 fully saturated rings. The van der Waals surface area contributed by atoms with Crippen molar-refractivity contribution < 1.29 is 23.6 Å². The van der Waals surface area contributed by atoms with Gasteiger partial charge in [-0.3, -0.25) is 9.59 Å². The van der Waals surface area contributed by atoms with Gasteiger partial charge >= 0.3 is 0 Å². The largest absolute Gasteiger partial charge is 0.454 e. The summed E-state index contributed by atoms with van der Waals surface area (Å²) in [5.74, 6) is 1.26. The van der Waals surface area contributed by atoms with Crippen LogP contribution in [-0.4, -0.2) is 46.0 Å². The van der Waals surface area contributed by atoms with E-state index in [1.54, 1.807) is 24.3 Å². The summed E-state index contributed by atoms with van der Waals surface area (Å²) in [6, 6.07) is 12.9. The van der Waals surface area contributed by atoms with Crippen molar-refractivity contribution in [2.75, 3.05) is 18.7 Å². The number of hydrazone groups is 1. The van der Waals surface area contributed by atoms with E-state index >= 15 is 0 Å². The Morgan fingerprint density at radius 1 is 1.12 bits per heavy atom. The Morgan fingerprint density at radius 2 is 2.00 bits per heavy atom. The van der Waals surface area contributed by atoms with E-state index in [2.05, 4.69) is 20.6 Å². The van der Waals surface area contributed by atoms with Gasteiger partial charge in [-0.2, -0.15) is 10.1 Å². The molecular formula is C23H21N5O5. The highest BCUT2D eigenvalue weighted by Crippen LogP contribution is 2.35. The zero-order valence-electron chi connectivity index (χ0n) is 17.9. The molecule has 5 rings (SSSR count). The van der Waals surface area contributed by atoms with Crippen LogP contribution in [0.15, 0.2) is 52.1 Å². The molecule has 10 nitrogen and oxygen atoms in total. The average Bonchev–Trinajstić information content (AvgIpc) is 3.50. The number of nitrogens with zero attached hydrogens (tertiary/aromatic N) is 4. The van der Waals surface area contributed by atoms with Crippen molar-refractivity contribution in [3.63, 3.8) is 0 Å². The van der Waals surface area contributed by atoms with Gasteiger partial charge in [-0.05, 0) is 42.3 Å². The molecule has 3 aromatic rings. The molecule has 2 aromatic carbocycles. The van der Waals surface area contributed by atoms with E-state index in [0.717, 1.165) is 17.0 Å². The Kier molecular flexibility index (Phi) is 5.47. The molecule has 168 valence electrons. The van der Waals surface area contributed by atoms with Crippen molar-refractivity contribution in [3.05, 3.63) is 53.9 Å². The van der Waals surface area contributed by atoms with E-state index in [1.165, 1.54) is 0 Å². The summed E-state index contributed by atoms with van der Waals surface area (Å²) in [7, 11) is 0. The van der Waals surface area contributed by atoms with Crippen LogP contribution in [-0.2, 0) is 16.0 Å². The van der Waals surface area contributed by atoms with Crippen molar-refractivity contribution in [1.82, 2.24) is 15.1 Å². The van der Waals surface area contributed by atoms with Crippen molar-refractivity contribution in [2.24, 2.45) is 5.10 Å². The summed E-state index contributed by atoms with van der Waals surface area (Å²) in [6.45, 7) is 2.01. The highest BCUT2D eigenvalue weighted by Gasteiger charge is 2.27. The normalized spacial score (nSPS) is 14.9. The van der Waals surface area contributed by atoms with Crippen LogP contribution in [0.1, 0.15) is 31.2 Å². The fraction of sp³-hybridized carbons (Fsp3) is 0.261. The van der Waals surface area contributed by atoms with E-state index < -0.39 is 0 Å². The van der Waals surface area contributed by atoms with Crippen LogP contribution >= 0.6 is 0 Å². The van der Waals surface area contributed by atoms with Gasteiger partial charge in [0, 0.05) is 24.1 Å². The number of aromatic nitrogens is 2. The fourth-order valence-corrected chi connectivity index (χ4v) is 3.58. The van der Waals surface area contributed by atoms with E-state index in [1.807, 2.05) is 25.1 Å². The van der Waals surface area contributed by atoms with Gasteiger partial charge in [-0.15, -0.1) is 0 Å². The molecular weight excluding hydrogens is 426 g/mol. The number of ether oxygens (including phenoxy) is 2. The number of nitrogens with one attached hydrogen (secondary N) is 1. The van der Waals surface area contributed by atoms with Crippen molar-refractivity contribution in [1.29, 1.82) is 0 Å². The van der Waals surface area contributed by atoms with Crippen LogP contribution in [0.5, 0.6) is 11.5 Å². The maximum Gasteiger partial charge on any atom is 0.274 e. The molecule has 2 aliphatic heterocycles. The minimum atomic E-state index is -0.340. The first-order valence-electron chi connectivity index (χ1n) is 10.6. The second-order valence-corrected chi connectivity index (χ2v) is 7.59. The van der Waals surface area contributed by atoms with Gasteiger partial charge in [0.25, 0.3) is 5.89 Å². The first-order valence-corrected chi connectivity index (χ1v) is 10.6. The van der Waals surface area contributed by atoms with Gasteiger partial charge < -0.3 is 19.3 Å². The number of benzene rings is 2. The first kappa shape index (κ1) is 20.7. The van der Waals surface area contributed by atoms with Gasteiger partial charge in [-0.25, -0.2) is 5.01 Å². The smallest absolute Gasteiger partial charge is 0.274 e. The average molecular weight is 447 g/mol. The summed E-state index contributed by atoms with van der Waals surface area (Å²) in [5.41, 5.74) is 2.94. The summed E-state index contributed by atoms with van der Waals surface area (Å²) in [4.78, 5) is 29.3. The Morgan fingerprint density at radius 3 is 2.88 bits per heavy atom. The van der Waals surface area contributed by atoms with Crippen LogP contribution in [0.3, 0.4) is 0 Å². The number of rotatable bonds is 6. The SMILES string of the molecule is CCc1cccc(NC(=O)CN2N=C(c3nc(-c4ccc5c(c4)OCO5)no3)CCC2=O)c1. The molecule has 0 saturated carbocycles.